The van der Waals surface area contributed by atoms with Crippen LogP contribution in [0.3, 0.4) is 0 Å². The summed E-state index contributed by atoms with van der Waals surface area (Å²) < 4.78 is 0. The van der Waals surface area contributed by atoms with Crippen molar-refractivity contribution in [2.75, 3.05) is 0 Å². The van der Waals surface area contributed by atoms with Crippen LogP contribution < -0.4 is 5.73 Å². The Morgan fingerprint density at radius 3 is 2.38 bits per heavy atom. The summed E-state index contributed by atoms with van der Waals surface area (Å²) in [4.78, 5) is 2.58. The highest BCUT2D eigenvalue weighted by Gasteiger charge is 2.23. The smallest absolute Gasteiger partial charge is 0.0516 e. The van der Waals surface area contributed by atoms with Crippen LogP contribution in [0.25, 0.3) is 0 Å². The highest BCUT2D eigenvalue weighted by atomic mass is 32.1. The number of benzene rings is 1. The van der Waals surface area contributed by atoms with Crippen molar-refractivity contribution in [1.29, 1.82) is 0 Å². The molecule has 84 valence electrons. The van der Waals surface area contributed by atoms with Crippen molar-refractivity contribution < 1.29 is 0 Å². The van der Waals surface area contributed by atoms with E-state index >= 15 is 0 Å². The Hall–Kier alpha value is -1.12. The molecule has 0 aliphatic rings. The lowest BCUT2D eigenvalue weighted by Gasteiger charge is -2.23. The molecule has 0 aliphatic carbocycles. The number of aryl methyl sites for hydroxylation is 1. The van der Waals surface area contributed by atoms with Crippen molar-refractivity contribution in [2.24, 2.45) is 5.73 Å². The second-order valence-electron chi connectivity index (χ2n) is 4.49. The Morgan fingerprint density at radius 1 is 1.12 bits per heavy atom. The molecule has 0 aliphatic heterocycles. The van der Waals surface area contributed by atoms with Crippen molar-refractivity contribution in [3.63, 3.8) is 0 Å². The van der Waals surface area contributed by atoms with Crippen LogP contribution >= 0.6 is 11.3 Å². The molecule has 2 aromatic rings. The molecule has 0 saturated heterocycles. The standard InChI is InChI=1S/C14H17NS/c1-11-8-9-13(16-11)14(2,15)10-12-6-4-3-5-7-12/h3-9H,10,15H2,1-2H3. The number of hydrogen-bond donors (Lipinski definition) is 1. The molecule has 2 rings (SSSR count). The van der Waals surface area contributed by atoms with Crippen LogP contribution in [0.15, 0.2) is 42.5 Å². The lowest BCUT2D eigenvalue weighted by molar-refractivity contribution is 0.502. The van der Waals surface area contributed by atoms with E-state index in [1.165, 1.54) is 15.3 Å². The highest BCUT2D eigenvalue weighted by molar-refractivity contribution is 7.12. The summed E-state index contributed by atoms with van der Waals surface area (Å²) in [6.45, 7) is 4.22. The maximum Gasteiger partial charge on any atom is 0.0516 e. The summed E-state index contributed by atoms with van der Waals surface area (Å²) >= 11 is 1.79. The molecule has 1 nitrogen and oxygen atoms in total. The minimum atomic E-state index is -0.264. The molecule has 16 heavy (non-hydrogen) atoms. The van der Waals surface area contributed by atoms with Crippen LogP contribution in [0, 0.1) is 6.92 Å². The largest absolute Gasteiger partial charge is 0.321 e. The number of thiophene rings is 1. The summed E-state index contributed by atoms with van der Waals surface area (Å²) in [6, 6.07) is 14.7. The predicted octanol–water partition coefficient (Wildman–Crippen LogP) is 3.47. The maximum atomic E-state index is 6.39. The van der Waals surface area contributed by atoms with Gasteiger partial charge in [-0.05, 0) is 38.0 Å². The maximum absolute atomic E-state index is 6.39. The molecular weight excluding hydrogens is 214 g/mol. The van der Waals surface area contributed by atoms with Gasteiger partial charge >= 0.3 is 0 Å². The monoisotopic (exact) mass is 231 g/mol. The molecule has 2 heteroatoms. The summed E-state index contributed by atoms with van der Waals surface area (Å²) in [5.41, 5.74) is 7.42. The van der Waals surface area contributed by atoms with Gasteiger partial charge in [-0.25, -0.2) is 0 Å². The summed E-state index contributed by atoms with van der Waals surface area (Å²) in [5, 5.41) is 0. The first-order valence-electron chi connectivity index (χ1n) is 5.48. The quantitative estimate of drug-likeness (QED) is 0.860. The average molecular weight is 231 g/mol. The van der Waals surface area contributed by atoms with Gasteiger partial charge in [0.05, 0.1) is 5.54 Å². The third-order valence-corrected chi connectivity index (χ3v) is 4.00. The fourth-order valence-corrected chi connectivity index (χ4v) is 2.77. The topological polar surface area (TPSA) is 26.0 Å². The lowest BCUT2D eigenvalue weighted by Crippen LogP contribution is -2.34. The summed E-state index contributed by atoms with van der Waals surface area (Å²) in [6.07, 6.45) is 0.883. The van der Waals surface area contributed by atoms with Crippen LogP contribution in [-0.4, -0.2) is 0 Å². The van der Waals surface area contributed by atoms with Crippen molar-refractivity contribution in [2.45, 2.75) is 25.8 Å². The molecule has 0 spiro atoms. The summed E-state index contributed by atoms with van der Waals surface area (Å²) in [5.74, 6) is 0. The Morgan fingerprint density at radius 2 is 1.81 bits per heavy atom. The van der Waals surface area contributed by atoms with E-state index in [0.717, 1.165) is 6.42 Å². The van der Waals surface area contributed by atoms with E-state index in [9.17, 15) is 0 Å². The predicted molar refractivity (Wildman–Crippen MR) is 70.7 cm³/mol. The minimum absolute atomic E-state index is 0.264. The van der Waals surface area contributed by atoms with Gasteiger partial charge < -0.3 is 5.73 Å². The highest BCUT2D eigenvalue weighted by Crippen LogP contribution is 2.28. The van der Waals surface area contributed by atoms with Gasteiger partial charge in [0.25, 0.3) is 0 Å². The van der Waals surface area contributed by atoms with Crippen LogP contribution in [0.2, 0.25) is 0 Å². The van der Waals surface area contributed by atoms with Crippen LogP contribution in [0.5, 0.6) is 0 Å². The molecular formula is C14H17NS. The van der Waals surface area contributed by atoms with Gasteiger partial charge in [-0.3, -0.25) is 0 Å². The normalized spacial score (nSPS) is 14.7. The van der Waals surface area contributed by atoms with Crippen LogP contribution in [-0.2, 0) is 12.0 Å². The fraction of sp³-hybridized carbons (Fsp3) is 0.286. The first-order valence-corrected chi connectivity index (χ1v) is 6.29. The third kappa shape index (κ3) is 2.52. The fourth-order valence-electron chi connectivity index (χ4n) is 1.85. The molecule has 1 aromatic carbocycles. The zero-order valence-electron chi connectivity index (χ0n) is 9.73. The van der Waals surface area contributed by atoms with Gasteiger partial charge in [0, 0.05) is 9.75 Å². The van der Waals surface area contributed by atoms with Crippen LogP contribution in [0.1, 0.15) is 22.2 Å². The van der Waals surface area contributed by atoms with E-state index in [-0.39, 0.29) is 5.54 Å². The van der Waals surface area contributed by atoms with E-state index in [1.54, 1.807) is 11.3 Å². The minimum Gasteiger partial charge on any atom is -0.321 e. The molecule has 0 saturated carbocycles. The SMILES string of the molecule is Cc1ccc(C(C)(N)Cc2ccccc2)s1. The van der Waals surface area contributed by atoms with E-state index in [0.29, 0.717) is 0 Å². The van der Waals surface area contributed by atoms with Gasteiger partial charge in [-0.2, -0.15) is 0 Å². The second-order valence-corrected chi connectivity index (χ2v) is 5.78. The third-order valence-electron chi connectivity index (χ3n) is 2.72. The second kappa shape index (κ2) is 4.40. The van der Waals surface area contributed by atoms with Crippen molar-refractivity contribution in [3.8, 4) is 0 Å². The Labute approximate surface area is 101 Å². The average Bonchev–Trinajstić information content (AvgIpc) is 2.66. The molecule has 0 radical (unpaired) electrons. The van der Waals surface area contributed by atoms with Gasteiger partial charge in [-0.15, -0.1) is 11.3 Å². The molecule has 1 aromatic heterocycles. The van der Waals surface area contributed by atoms with Gasteiger partial charge in [0.2, 0.25) is 0 Å². The van der Waals surface area contributed by atoms with Crippen molar-refractivity contribution in [3.05, 3.63) is 57.8 Å². The number of hydrogen-bond acceptors (Lipinski definition) is 2. The Kier molecular flexibility index (Phi) is 3.13. The van der Waals surface area contributed by atoms with E-state index in [2.05, 4.69) is 50.2 Å². The first kappa shape index (κ1) is 11.4. The molecule has 2 N–H and O–H groups in total. The zero-order valence-corrected chi connectivity index (χ0v) is 10.6. The summed E-state index contributed by atoms with van der Waals surface area (Å²) in [7, 11) is 0. The molecule has 1 atom stereocenters. The van der Waals surface area contributed by atoms with E-state index < -0.39 is 0 Å². The molecule has 0 fully saturated rings. The zero-order chi connectivity index (χ0) is 11.6. The molecule has 0 bridgehead atoms. The van der Waals surface area contributed by atoms with Gasteiger partial charge in [0.1, 0.15) is 0 Å². The van der Waals surface area contributed by atoms with Crippen molar-refractivity contribution >= 4 is 11.3 Å². The Balaban J connectivity index is 2.20. The number of rotatable bonds is 3. The lowest BCUT2D eigenvalue weighted by atomic mass is 9.92. The molecule has 1 unspecified atom stereocenters. The van der Waals surface area contributed by atoms with Crippen molar-refractivity contribution in [1.82, 2.24) is 0 Å². The molecule has 0 amide bonds. The first-order chi connectivity index (χ1) is 7.58. The van der Waals surface area contributed by atoms with E-state index in [4.69, 9.17) is 5.73 Å². The number of nitrogens with two attached hydrogens (primary N) is 1. The van der Waals surface area contributed by atoms with E-state index in [1.807, 2.05) is 6.07 Å². The molecule has 1 heterocycles. The van der Waals surface area contributed by atoms with Crippen LogP contribution in [0.4, 0.5) is 0 Å². The van der Waals surface area contributed by atoms with Gasteiger partial charge in [0.15, 0.2) is 0 Å². The van der Waals surface area contributed by atoms with Gasteiger partial charge in [-0.1, -0.05) is 30.3 Å². The Bertz CT molecular complexity index is 457.